The van der Waals surface area contributed by atoms with Crippen LogP contribution in [0.15, 0.2) is 71.2 Å². The lowest BCUT2D eigenvalue weighted by Crippen LogP contribution is -2.28. The van der Waals surface area contributed by atoms with Gasteiger partial charge in [0.2, 0.25) is 0 Å². The number of thioether (sulfide) groups is 1. The first-order valence-electron chi connectivity index (χ1n) is 8.55. The van der Waals surface area contributed by atoms with Crippen molar-refractivity contribution < 1.29 is 4.74 Å². The van der Waals surface area contributed by atoms with Gasteiger partial charge in [0.15, 0.2) is 0 Å². The van der Waals surface area contributed by atoms with Crippen LogP contribution in [0.25, 0.3) is 5.57 Å². The van der Waals surface area contributed by atoms with Crippen LogP contribution in [0.5, 0.6) is 5.75 Å². The van der Waals surface area contributed by atoms with Crippen LogP contribution in [0.2, 0.25) is 0 Å². The Kier molecular flexibility index (Phi) is 4.01. The second-order valence-electron chi connectivity index (χ2n) is 6.79. The summed E-state index contributed by atoms with van der Waals surface area (Å²) in [4.78, 5) is 1.27. The Bertz CT molecular complexity index is 817. The van der Waals surface area contributed by atoms with Crippen LogP contribution in [-0.2, 0) is 0 Å². The highest BCUT2D eigenvalue weighted by molar-refractivity contribution is 8.00. The molecule has 24 heavy (non-hydrogen) atoms. The SMILES string of the molecule is C/C(=C1/C=C[C@H]2Oc3ccc(C(C)C)cc3S[C@@H]12)c1ccccc1. The Labute approximate surface area is 148 Å². The Hall–Kier alpha value is -1.93. The van der Waals surface area contributed by atoms with Gasteiger partial charge in [-0.25, -0.2) is 0 Å². The summed E-state index contributed by atoms with van der Waals surface area (Å²) in [6.07, 6.45) is 4.60. The summed E-state index contributed by atoms with van der Waals surface area (Å²) >= 11 is 1.94. The summed E-state index contributed by atoms with van der Waals surface area (Å²) in [7, 11) is 0. The Morgan fingerprint density at radius 1 is 1.08 bits per heavy atom. The van der Waals surface area contributed by atoms with Crippen molar-refractivity contribution in [1.29, 1.82) is 0 Å². The monoisotopic (exact) mass is 334 g/mol. The molecule has 2 heteroatoms. The van der Waals surface area contributed by atoms with Crippen molar-refractivity contribution in [3.63, 3.8) is 0 Å². The predicted molar refractivity (Wildman–Crippen MR) is 103 cm³/mol. The standard InChI is InChI=1S/C22H22OS/c1-14(2)17-9-11-19-21(13-17)24-22-18(10-12-20(22)23-19)15(3)16-7-5-4-6-8-16/h4-14,20,22H,1-3H3/b18-15+/t20-,22+/m1/s1. The molecule has 0 unspecified atom stereocenters. The third kappa shape index (κ3) is 2.69. The van der Waals surface area contributed by atoms with Crippen LogP contribution in [0.3, 0.4) is 0 Å². The molecule has 0 saturated carbocycles. The molecule has 0 fully saturated rings. The van der Waals surface area contributed by atoms with Crippen LogP contribution in [0, 0.1) is 0 Å². The lowest BCUT2D eigenvalue weighted by Gasteiger charge is -2.30. The minimum atomic E-state index is 0.140. The van der Waals surface area contributed by atoms with E-state index in [-0.39, 0.29) is 6.10 Å². The molecule has 0 amide bonds. The molecule has 1 heterocycles. The smallest absolute Gasteiger partial charge is 0.133 e. The van der Waals surface area contributed by atoms with Gasteiger partial charge >= 0.3 is 0 Å². The van der Waals surface area contributed by atoms with E-state index in [2.05, 4.69) is 81.5 Å². The lowest BCUT2D eigenvalue weighted by atomic mass is 10.0. The van der Waals surface area contributed by atoms with Gasteiger partial charge in [0.1, 0.15) is 11.9 Å². The minimum absolute atomic E-state index is 0.140. The van der Waals surface area contributed by atoms with Crippen molar-refractivity contribution in [2.24, 2.45) is 0 Å². The first-order chi connectivity index (χ1) is 11.6. The van der Waals surface area contributed by atoms with Gasteiger partial charge < -0.3 is 4.74 Å². The fourth-order valence-corrected chi connectivity index (χ4v) is 4.73. The van der Waals surface area contributed by atoms with E-state index in [0.717, 1.165) is 5.75 Å². The molecule has 0 radical (unpaired) electrons. The van der Waals surface area contributed by atoms with Crippen molar-refractivity contribution in [1.82, 2.24) is 0 Å². The van der Waals surface area contributed by atoms with Crippen LogP contribution in [0.4, 0.5) is 0 Å². The Balaban J connectivity index is 1.70. The summed E-state index contributed by atoms with van der Waals surface area (Å²) in [5, 5.41) is 0.347. The normalized spacial score (nSPS) is 23.7. The maximum Gasteiger partial charge on any atom is 0.133 e. The van der Waals surface area contributed by atoms with E-state index in [1.807, 2.05) is 11.8 Å². The van der Waals surface area contributed by atoms with E-state index >= 15 is 0 Å². The third-order valence-corrected chi connectivity index (χ3v) is 6.21. The second kappa shape index (κ2) is 6.18. The van der Waals surface area contributed by atoms with E-state index in [0.29, 0.717) is 11.2 Å². The number of rotatable bonds is 2. The molecule has 4 rings (SSSR count). The summed E-state index contributed by atoms with van der Waals surface area (Å²) in [6.45, 7) is 6.69. The first kappa shape index (κ1) is 15.6. The number of allylic oxidation sites excluding steroid dienone is 2. The topological polar surface area (TPSA) is 9.23 Å². The van der Waals surface area contributed by atoms with Gasteiger partial charge in [-0.2, -0.15) is 0 Å². The molecule has 0 bridgehead atoms. The van der Waals surface area contributed by atoms with E-state index < -0.39 is 0 Å². The number of ether oxygens (including phenoxy) is 1. The molecule has 1 aliphatic carbocycles. The highest BCUT2D eigenvalue weighted by Gasteiger charge is 2.35. The van der Waals surface area contributed by atoms with Crippen LogP contribution < -0.4 is 4.74 Å². The van der Waals surface area contributed by atoms with Gasteiger partial charge in [-0.15, -0.1) is 11.8 Å². The third-order valence-electron chi connectivity index (χ3n) is 4.86. The average Bonchev–Trinajstić information content (AvgIpc) is 3.02. The molecular weight excluding hydrogens is 312 g/mol. The molecule has 122 valence electrons. The molecular formula is C22H22OS. The van der Waals surface area contributed by atoms with E-state index in [9.17, 15) is 0 Å². The quantitative estimate of drug-likeness (QED) is 0.658. The summed E-state index contributed by atoms with van der Waals surface area (Å²) in [5.41, 5.74) is 5.40. The van der Waals surface area contributed by atoms with Gasteiger partial charge in [-0.05, 0) is 53.3 Å². The molecule has 1 nitrogen and oxygen atoms in total. The zero-order chi connectivity index (χ0) is 16.7. The zero-order valence-electron chi connectivity index (χ0n) is 14.3. The average molecular weight is 334 g/mol. The second-order valence-corrected chi connectivity index (χ2v) is 7.97. The number of fused-ring (bicyclic) bond motifs is 2. The molecule has 1 aliphatic heterocycles. The minimum Gasteiger partial charge on any atom is -0.484 e. The van der Waals surface area contributed by atoms with Gasteiger partial charge in [0.25, 0.3) is 0 Å². The van der Waals surface area contributed by atoms with E-state index in [4.69, 9.17) is 4.74 Å². The fourth-order valence-electron chi connectivity index (χ4n) is 3.35. The van der Waals surface area contributed by atoms with Crippen molar-refractivity contribution in [3.05, 3.63) is 77.4 Å². The number of benzene rings is 2. The molecule has 0 spiro atoms. The van der Waals surface area contributed by atoms with Gasteiger partial charge in [-0.1, -0.05) is 56.3 Å². The number of hydrogen-bond acceptors (Lipinski definition) is 2. The molecule has 0 saturated heterocycles. The van der Waals surface area contributed by atoms with Crippen LogP contribution >= 0.6 is 11.8 Å². The molecule has 2 aliphatic rings. The van der Waals surface area contributed by atoms with Gasteiger partial charge in [0.05, 0.1) is 10.1 Å². The highest BCUT2D eigenvalue weighted by Crippen LogP contribution is 2.47. The maximum atomic E-state index is 6.27. The molecule has 2 aromatic carbocycles. The van der Waals surface area contributed by atoms with Crippen molar-refractivity contribution in [3.8, 4) is 5.75 Å². The van der Waals surface area contributed by atoms with Gasteiger partial charge in [-0.3, -0.25) is 0 Å². The first-order valence-corrected chi connectivity index (χ1v) is 9.43. The van der Waals surface area contributed by atoms with E-state index in [1.165, 1.54) is 27.2 Å². The van der Waals surface area contributed by atoms with E-state index in [1.54, 1.807) is 0 Å². The van der Waals surface area contributed by atoms with Crippen molar-refractivity contribution in [2.45, 2.75) is 42.9 Å². The summed E-state index contributed by atoms with van der Waals surface area (Å²) in [6, 6.07) is 17.3. The zero-order valence-corrected chi connectivity index (χ0v) is 15.1. The maximum absolute atomic E-state index is 6.27. The summed E-state index contributed by atoms with van der Waals surface area (Å²) in [5.74, 6) is 1.56. The lowest BCUT2D eigenvalue weighted by molar-refractivity contribution is 0.248. The van der Waals surface area contributed by atoms with Crippen molar-refractivity contribution >= 4 is 17.3 Å². The molecule has 2 atom stereocenters. The van der Waals surface area contributed by atoms with Crippen molar-refractivity contribution in [2.75, 3.05) is 0 Å². The Morgan fingerprint density at radius 3 is 2.62 bits per heavy atom. The highest BCUT2D eigenvalue weighted by atomic mass is 32.2. The predicted octanol–water partition coefficient (Wildman–Crippen LogP) is 6.08. The Morgan fingerprint density at radius 2 is 1.88 bits per heavy atom. The molecule has 0 aromatic heterocycles. The largest absolute Gasteiger partial charge is 0.484 e. The molecule has 2 aromatic rings. The van der Waals surface area contributed by atoms with Crippen LogP contribution in [0.1, 0.15) is 37.8 Å². The fraction of sp³-hybridized carbons (Fsp3) is 0.273. The van der Waals surface area contributed by atoms with Gasteiger partial charge in [0, 0.05) is 0 Å². The number of hydrogen-bond donors (Lipinski definition) is 0. The molecule has 0 N–H and O–H groups in total. The van der Waals surface area contributed by atoms with Crippen LogP contribution in [-0.4, -0.2) is 11.4 Å². The summed E-state index contributed by atoms with van der Waals surface area (Å²) < 4.78 is 6.27.